The summed E-state index contributed by atoms with van der Waals surface area (Å²) in [6.45, 7) is 4.28. The van der Waals surface area contributed by atoms with E-state index in [4.69, 9.17) is 5.73 Å². The summed E-state index contributed by atoms with van der Waals surface area (Å²) in [6.07, 6.45) is 4.81. The van der Waals surface area contributed by atoms with E-state index in [1.54, 1.807) is 0 Å². The molecule has 3 heteroatoms. The number of likely N-dealkylation sites (N-methyl/N-ethyl adjacent to an activating group) is 1. The molecule has 1 aromatic rings. The van der Waals surface area contributed by atoms with Crippen LogP contribution in [0.15, 0.2) is 24.3 Å². The molecule has 3 unspecified atom stereocenters. The van der Waals surface area contributed by atoms with Gasteiger partial charge in [0.15, 0.2) is 0 Å². The summed E-state index contributed by atoms with van der Waals surface area (Å²) < 4.78 is 0. The molecule has 1 aliphatic rings. The molecular weight excluding hydrogens is 248 g/mol. The largest absolute Gasteiger partial charge is 0.341 e. The normalized spacial score (nSPS) is 24.2. The lowest BCUT2D eigenvalue weighted by Gasteiger charge is -2.37. The fourth-order valence-electron chi connectivity index (χ4n) is 3.17. The quantitative estimate of drug-likeness (QED) is 0.921. The van der Waals surface area contributed by atoms with Crippen LogP contribution in [-0.4, -0.2) is 23.9 Å². The van der Waals surface area contributed by atoms with Crippen LogP contribution in [0.25, 0.3) is 0 Å². The number of carbonyl (C=O) groups excluding carboxylic acids is 1. The maximum absolute atomic E-state index is 12.6. The highest BCUT2D eigenvalue weighted by Crippen LogP contribution is 2.28. The first-order valence-corrected chi connectivity index (χ1v) is 7.59. The maximum atomic E-state index is 12.6. The van der Waals surface area contributed by atoms with Crippen molar-refractivity contribution in [3.63, 3.8) is 0 Å². The van der Waals surface area contributed by atoms with Gasteiger partial charge in [-0.05, 0) is 31.2 Å². The maximum Gasteiger partial charge on any atom is 0.244 e. The Balaban J connectivity index is 2.07. The third-order valence-electron chi connectivity index (χ3n) is 4.61. The molecule has 0 spiro atoms. The average Bonchev–Trinajstić information content (AvgIpc) is 2.46. The fourth-order valence-corrected chi connectivity index (χ4v) is 3.17. The summed E-state index contributed by atoms with van der Waals surface area (Å²) in [5, 5.41) is 0. The van der Waals surface area contributed by atoms with Crippen LogP contribution < -0.4 is 5.73 Å². The van der Waals surface area contributed by atoms with Crippen molar-refractivity contribution in [3.8, 4) is 0 Å². The van der Waals surface area contributed by atoms with Crippen molar-refractivity contribution in [1.29, 1.82) is 0 Å². The molecule has 20 heavy (non-hydrogen) atoms. The number of hydrogen-bond acceptors (Lipinski definition) is 2. The number of carbonyl (C=O) groups is 1. The summed E-state index contributed by atoms with van der Waals surface area (Å²) in [6, 6.07) is 7.71. The summed E-state index contributed by atoms with van der Waals surface area (Å²) in [5.41, 5.74) is 8.23. The van der Waals surface area contributed by atoms with E-state index in [9.17, 15) is 4.79 Å². The molecule has 1 saturated carbocycles. The van der Waals surface area contributed by atoms with E-state index in [-0.39, 0.29) is 5.91 Å². The lowest BCUT2D eigenvalue weighted by atomic mass is 9.84. The van der Waals surface area contributed by atoms with Crippen LogP contribution >= 0.6 is 0 Å². The molecule has 1 fully saturated rings. The summed E-state index contributed by atoms with van der Waals surface area (Å²) in [5.74, 6) is 0.607. The minimum absolute atomic E-state index is 0.0348. The lowest BCUT2D eigenvalue weighted by Crippen LogP contribution is -2.46. The summed E-state index contributed by atoms with van der Waals surface area (Å²) in [7, 11) is 1.91. The van der Waals surface area contributed by atoms with Crippen molar-refractivity contribution in [2.24, 2.45) is 11.7 Å². The van der Waals surface area contributed by atoms with E-state index in [0.717, 1.165) is 12.0 Å². The molecule has 2 N–H and O–H groups in total. The Hall–Kier alpha value is -1.35. The van der Waals surface area contributed by atoms with Gasteiger partial charge in [-0.25, -0.2) is 0 Å². The van der Waals surface area contributed by atoms with Gasteiger partial charge in [-0.1, -0.05) is 49.6 Å². The van der Waals surface area contributed by atoms with Crippen molar-refractivity contribution in [3.05, 3.63) is 35.4 Å². The van der Waals surface area contributed by atoms with Gasteiger partial charge in [0, 0.05) is 13.1 Å². The third-order valence-corrected chi connectivity index (χ3v) is 4.61. The molecule has 110 valence electrons. The SMILES string of the molecule is Cc1ccc(C(N)C(=O)N(C)C2CCCCC2C)cc1. The number of rotatable bonds is 3. The molecule has 0 heterocycles. The minimum Gasteiger partial charge on any atom is -0.341 e. The topological polar surface area (TPSA) is 46.3 Å². The molecule has 1 aliphatic carbocycles. The van der Waals surface area contributed by atoms with Gasteiger partial charge in [-0.2, -0.15) is 0 Å². The standard InChI is InChI=1S/C17H26N2O/c1-12-8-10-14(11-9-12)16(18)17(20)19(3)15-7-5-4-6-13(15)2/h8-11,13,15-16H,4-7,18H2,1-3H3. The molecule has 0 radical (unpaired) electrons. The van der Waals surface area contributed by atoms with Gasteiger partial charge in [0.25, 0.3) is 0 Å². The van der Waals surface area contributed by atoms with Crippen LogP contribution in [0.5, 0.6) is 0 Å². The average molecular weight is 274 g/mol. The lowest BCUT2D eigenvalue weighted by molar-refractivity contribution is -0.135. The molecule has 0 saturated heterocycles. The first-order valence-electron chi connectivity index (χ1n) is 7.59. The summed E-state index contributed by atoms with van der Waals surface area (Å²) in [4.78, 5) is 14.5. The van der Waals surface area contributed by atoms with Gasteiger partial charge in [0.05, 0.1) is 0 Å². The van der Waals surface area contributed by atoms with E-state index < -0.39 is 6.04 Å². The smallest absolute Gasteiger partial charge is 0.244 e. The Bertz CT molecular complexity index is 455. The second kappa shape index (κ2) is 6.40. The first-order chi connectivity index (χ1) is 9.50. The van der Waals surface area contributed by atoms with Gasteiger partial charge in [-0.3, -0.25) is 4.79 Å². The van der Waals surface area contributed by atoms with Gasteiger partial charge >= 0.3 is 0 Å². The third kappa shape index (κ3) is 3.21. The molecule has 0 aliphatic heterocycles. The Morgan fingerprint density at radius 1 is 1.25 bits per heavy atom. The van der Waals surface area contributed by atoms with Gasteiger partial charge in [0.1, 0.15) is 6.04 Å². The van der Waals surface area contributed by atoms with Crippen LogP contribution in [0.3, 0.4) is 0 Å². The highest BCUT2D eigenvalue weighted by molar-refractivity contribution is 5.83. The van der Waals surface area contributed by atoms with E-state index in [2.05, 4.69) is 6.92 Å². The Morgan fingerprint density at radius 3 is 2.45 bits per heavy atom. The monoisotopic (exact) mass is 274 g/mol. The summed E-state index contributed by atoms with van der Waals surface area (Å²) >= 11 is 0. The molecule has 0 bridgehead atoms. The highest BCUT2D eigenvalue weighted by atomic mass is 16.2. The molecular formula is C17H26N2O. The highest BCUT2D eigenvalue weighted by Gasteiger charge is 2.30. The second-order valence-corrected chi connectivity index (χ2v) is 6.17. The van der Waals surface area contributed by atoms with Crippen LogP contribution in [0, 0.1) is 12.8 Å². The van der Waals surface area contributed by atoms with Crippen molar-refractivity contribution >= 4 is 5.91 Å². The predicted molar refractivity (Wildman–Crippen MR) is 82.3 cm³/mol. The second-order valence-electron chi connectivity index (χ2n) is 6.17. The van der Waals surface area contributed by atoms with E-state index >= 15 is 0 Å². The number of benzene rings is 1. The van der Waals surface area contributed by atoms with E-state index in [1.807, 2.05) is 43.1 Å². The molecule has 3 nitrogen and oxygen atoms in total. The fraction of sp³-hybridized carbons (Fsp3) is 0.588. The molecule has 3 atom stereocenters. The van der Waals surface area contributed by atoms with Gasteiger partial charge < -0.3 is 10.6 Å². The van der Waals surface area contributed by atoms with E-state index in [1.165, 1.54) is 24.8 Å². The van der Waals surface area contributed by atoms with E-state index in [0.29, 0.717) is 12.0 Å². The minimum atomic E-state index is -0.547. The Labute approximate surface area is 122 Å². The van der Waals surface area contributed by atoms with Crippen LogP contribution in [0.4, 0.5) is 0 Å². The van der Waals surface area contributed by atoms with Crippen LogP contribution in [0.1, 0.15) is 49.8 Å². The zero-order valence-corrected chi connectivity index (χ0v) is 12.8. The number of aryl methyl sites for hydroxylation is 1. The number of nitrogens with zero attached hydrogens (tertiary/aromatic N) is 1. The molecule has 2 rings (SSSR count). The van der Waals surface area contributed by atoms with Crippen molar-refractivity contribution in [2.75, 3.05) is 7.05 Å². The molecule has 0 aromatic heterocycles. The molecule has 1 amide bonds. The van der Waals surface area contributed by atoms with Crippen molar-refractivity contribution in [1.82, 2.24) is 4.90 Å². The zero-order chi connectivity index (χ0) is 14.7. The van der Waals surface area contributed by atoms with Crippen molar-refractivity contribution < 1.29 is 4.79 Å². The Kier molecular flexibility index (Phi) is 4.81. The van der Waals surface area contributed by atoms with Crippen LogP contribution in [-0.2, 0) is 4.79 Å². The predicted octanol–water partition coefficient (Wildman–Crippen LogP) is 3.03. The number of hydrogen-bond donors (Lipinski definition) is 1. The zero-order valence-electron chi connectivity index (χ0n) is 12.8. The molecule has 1 aromatic carbocycles. The number of nitrogens with two attached hydrogens (primary N) is 1. The van der Waals surface area contributed by atoms with Crippen LogP contribution in [0.2, 0.25) is 0 Å². The number of amides is 1. The Morgan fingerprint density at radius 2 is 1.85 bits per heavy atom. The van der Waals surface area contributed by atoms with Crippen molar-refractivity contribution in [2.45, 2.75) is 51.6 Å². The first kappa shape index (κ1) is 15.0. The van der Waals surface area contributed by atoms with Gasteiger partial charge in [0.2, 0.25) is 5.91 Å². The van der Waals surface area contributed by atoms with Gasteiger partial charge in [-0.15, -0.1) is 0 Å².